The Morgan fingerprint density at radius 3 is 2.79 bits per heavy atom. The lowest BCUT2D eigenvalue weighted by atomic mass is 9.75. The van der Waals surface area contributed by atoms with Crippen LogP contribution in [0.1, 0.15) is 52.4 Å². The van der Waals surface area contributed by atoms with Crippen molar-refractivity contribution in [3.63, 3.8) is 0 Å². The quantitative estimate of drug-likeness (QED) is 0.553. The lowest BCUT2D eigenvalue weighted by Crippen LogP contribution is -2.55. The molecule has 0 bridgehead atoms. The van der Waals surface area contributed by atoms with Crippen molar-refractivity contribution in [2.75, 3.05) is 33.2 Å². The number of rotatable bonds is 7. The van der Waals surface area contributed by atoms with Crippen LogP contribution in [0.25, 0.3) is 0 Å². The molecule has 0 fully saturated rings. The summed E-state index contributed by atoms with van der Waals surface area (Å²) < 4.78 is 1.07. The third-order valence-electron chi connectivity index (χ3n) is 6.47. The van der Waals surface area contributed by atoms with Crippen molar-refractivity contribution >= 4 is 0 Å². The molecule has 0 aromatic carbocycles. The van der Waals surface area contributed by atoms with Gasteiger partial charge in [-0.1, -0.05) is 25.5 Å². The van der Waals surface area contributed by atoms with E-state index in [0.717, 1.165) is 43.0 Å². The molecule has 0 saturated heterocycles. The maximum absolute atomic E-state index is 6.62. The Morgan fingerprint density at radius 2 is 2.12 bits per heavy atom. The van der Waals surface area contributed by atoms with Gasteiger partial charge in [0.25, 0.3) is 0 Å². The first-order chi connectivity index (χ1) is 11.5. The molecule has 0 aromatic rings. The molecule has 0 aromatic heterocycles. The van der Waals surface area contributed by atoms with Crippen molar-refractivity contribution < 1.29 is 4.48 Å². The average Bonchev–Trinajstić information content (AvgIpc) is 2.82. The zero-order valence-electron chi connectivity index (χ0n) is 16.2. The number of quaternary nitrogens is 1. The monoisotopic (exact) mass is 334 g/mol. The minimum atomic E-state index is 0.201. The fraction of sp³-hybridized carbons (Fsp3) is 0.810. The second-order valence-corrected chi connectivity index (χ2v) is 8.48. The second-order valence-electron chi connectivity index (χ2n) is 8.48. The molecule has 0 saturated carbocycles. The summed E-state index contributed by atoms with van der Waals surface area (Å²) in [7, 11) is 2.32. The van der Waals surface area contributed by atoms with Crippen LogP contribution in [0.15, 0.2) is 23.8 Å². The van der Waals surface area contributed by atoms with Gasteiger partial charge >= 0.3 is 0 Å². The highest BCUT2D eigenvalue weighted by Gasteiger charge is 2.34. The first kappa shape index (κ1) is 19.7. The Labute approximate surface area is 149 Å². The molecule has 5 unspecified atom stereocenters. The zero-order chi connectivity index (χ0) is 17.6. The molecular formula is C21H40N3+. The molecule has 2 aliphatic rings. The van der Waals surface area contributed by atoms with Gasteiger partial charge in [-0.15, -0.1) is 0 Å². The molecule has 2 rings (SSSR count). The minimum Gasteiger partial charge on any atom is -0.330 e. The van der Waals surface area contributed by atoms with Crippen LogP contribution in [0.2, 0.25) is 0 Å². The predicted molar refractivity (Wildman–Crippen MR) is 105 cm³/mol. The van der Waals surface area contributed by atoms with E-state index in [0.29, 0.717) is 11.8 Å². The van der Waals surface area contributed by atoms with Crippen LogP contribution < -0.4 is 11.5 Å². The van der Waals surface area contributed by atoms with Gasteiger partial charge in [0.05, 0.1) is 32.7 Å². The van der Waals surface area contributed by atoms with Crippen molar-refractivity contribution in [2.45, 2.75) is 58.4 Å². The maximum Gasteiger partial charge on any atom is 0.0980 e. The third-order valence-corrected chi connectivity index (χ3v) is 6.47. The summed E-state index contributed by atoms with van der Waals surface area (Å²) >= 11 is 0. The summed E-state index contributed by atoms with van der Waals surface area (Å²) in [5.74, 6) is 1.98. The van der Waals surface area contributed by atoms with Gasteiger partial charge in [0, 0.05) is 0 Å². The summed E-state index contributed by atoms with van der Waals surface area (Å²) in [6.07, 6.45) is 15.0. The van der Waals surface area contributed by atoms with Crippen LogP contribution >= 0.6 is 0 Å². The molecule has 4 N–H and O–H groups in total. The number of nitrogens with zero attached hydrogens (tertiary/aromatic N) is 1. The Morgan fingerprint density at radius 1 is 1.33 bits per heavy atom. The standard InChI is InChI=1S/C21H40N3/c1-4-24(3)14-12-20(21(23)16-24)19(11-13-22)17(2)15-18-9-7-5-6-8-10-18/h7,9,12,17-19,21H,4-6,8,10-11,13-16,22-23H2,1-3H3/q+1. The fourth-order valence-electron chi connectivity index (χ4n) is 4.67. The van der Waals surface area contributed by atoms with Crippen molar-refractivity contribution in [1.82, 2.24) is 0 Å². The molecule has 1 heterocycles. The average molecular weight is 335 g/mol. The number of allylic oxidation sites excluding steroid dienone is 2. The van der Waals surface area contributed by atoms with Crippen LogP contribution in [0.5, 0.6) is 0 Å². The van der Waals surface area contributed by atoms with Gasteiger partial charge in [0.15, 0.2) is 0 Å². The molecule has 0 radical (unpaired) electrons. The van der Waals surface area contributed by atoms with E-state index in [1.807, 2.05) is 0 Å². The van der Waals surface area contributed by atoms with Gasteiger partial charge in [-0.2, -0.15) is 0 Å². The van der Waals surface area contributed by atoms with Crippen LogP contribution in [0, 0.1) is 17.8 Å². The van der Waals surface area contributed by atoms with Crippen LogP contribution in [0.4, 0.5) is 0 Å². The van der Waals surface area contributed by atoms with Crippen molar-refractivity contribution in [3.8, 4) is 0 Å². The molecule has 138 valence electrons. The van der Waals surface area contributed by atoms with Gasteiger partial charge in [0.1, 0.15) is 0 Å². The summed E-state index contributed by atoms with van der Waals surface area (Å²) in [6.45, 7) is 8.80. The number of likely N-dealkylation sites (N-methyl/N-ethyl adjacent to an activating group) is 1. The van der Waals surface area contributed by atoms with Crippen molar-refractivity contribution in [1.29, 1.82) is 0 Å². The first-order valence-electron chi connectivity index (χ1n) is 10.1. The molecule has 1 aliphatic carbocycles. The number of nitrogens with two attached hydrogens (primary N) is 2. The van der Waals surface area contributed by atoms with Gasteiger partial charge in [-0.25, -0.2) is 0 Å². The largest absolute Gasteiger partial charge is 0.330 e. The highest BCUT2D eigenvalue weighted by molar-refractivity contribution is 5.18. The topological polar surface area (TPSA) is 52.0 Å². The number of hydrogen-bond donors (Lipinski definition) is 2. The fourth-order valence-corrected chi connectivity index (χ4v) is 4.67. The molecule has 3 nitrogen and oxygen atoms in total. The third kappa shape index (κ3) is 5.18. The molecule has 5 atom stereocenters. The first-order valence-corrected chi connectivity index (χ1v) is 10.1. The van der Waals surface area contributed by atoms with Gasteiger partial charge in [0.2, 0.25) is 0 Å². The van der Waals surface area contributed by atoms with E-state index in [1.165, 1.54) is 37.7 Å². The lowest BCUT2D eigenvalue weighted by molar-refractivity contribution is -0.904. The Bertz CT molecular complexity index is 442. The van der Waals surface area contributed by atoms with E-state index in [9.17, 15) is 0 Å². The lowest BCUT2D eigenvalue weighted by Gasteiger charge is -2.42. The van der Waals surface area contributed by atoms with Crippen LogP contribution in [0.3, 0.4) is 0 Å². The van der Waals surface area contributed by atoms with E-state index in [4.69, 9.17) is 11.5 Å². The van der Waals surface area contributed by atoms with E-state index in [-0.39, 0.29) is 6.04 Å². The van der Waals surface area contributed by atoms with Gasteiger partial charge < -0.3 is 16.0 Å². The van der Waals surface area contributed by atoms with Crippen LogP contribution in [-0.4, -0.2) is 43.8 Å². The highest BCUT2D eigenvalue weighted by Crippen LogP contribution is 2.35. The molecule has 1 aliphatic heterocycles. The van der Waals surface area contributed by atoms with E-state index < -0.39 is 0 Å². The van der Waals surface area contributed by atoms with Gasteiger partial charge in [-0.3, -0.25) is 0 Å². The minimum absolute atomic E-state index is 0.201. The molecule has 0 spiro atoms. The zero-order valence-corrected chi connectivity index (χ0v) is 16.2. The highest BCUT2D eigenvalue weighted by atomic mass is 15.3. The van der Waals surface area contributed by atoms with E-state index in [1.54, 1.807) is 0 Å². The Hall–Kier alpha value is -0.640. The van der Waals surface area contributed by atoms with E-state index in [2.05, 4.69) is 39.1 Å². The molecular weight excluding hydrogens is 294 g/mol. The van der Waals surface area contributed by atoms with Crippen molar-refractivity contribution in [3.05, 3.63) is 23.8 Å². The SMILES string of the molecule is CC[N+]1(C)CC=C(C(CCN)C(C)CC2C=CCCCC2)C(N)C1. The van der Waals surface area contributed by atoms with Crippen molar-refractivity contribution in [2.24, 2.45) is 29.2 Å². The second kappa shape index (κ2) is 9.17. The smallest absolute Gasteiger partial charge is 0.0980 e. The van der Waals surface area contributed by atoms with Crippen LogP contribution in [-0.2, 0) is 0 Å². The summed E-state index contributed by atoms with van der Waals surface area (Å²) in [4.78, 5) is 0. The van der Waals surface area contributed by atoms with Gasteiger partial charge in [-0.05, 0) is 75.0 Å². The Kier molecular flexibility index (Phi) is 7.52. The van der Waals surface area contributed by atoms with E-state index >= 15 is 0 Å². The maximum atomic E-state index is 6.62. The molecule has 0 amide bonds. The number of hydrogen-bond acceptors (Lipinski definition) is 2. The summed E-state index contributed by atoms with van der Waals surface area (Å²) in [5.41, 5.74) is 14.1. The molecule has 24 heavy (non-hydrogen) atoms. The Balaban J connectivity index is 2.07. The predicted octanol–water partition coefficient (Wildman–Crippen LogP) is 3.46. The summed E-state index contributed by atoms with van der Waals surface area (Å²) in [6, 6.07) is 0.201. The normalized spacial score (nSPS) is 33.6. The summed E-state index contributed by atoms with van der Waals surface area (Å²) in [5, 5.41) is 0. The molecule has 3 heteroatoms.